The van der Waals surface area contributed by atoms with E-state index in [9.17, 15) is 9.18 Å². The number of carbonyl (C=O) groups excluding carboxylic acids is 1. The largest absolute Gasteiger partial charge is 0.297 e. The van der Waals surface area contributed by atoms with Gasteiger partial charge in [0.15, 0.2) is 5.78 Å². The van der Waals surface area contributed by atoms with Gasteiger partial charge in [-0.2, -0.15) is 0 Å². The van der Waals surface area contributed by atoms with Crippen molar-refractivity contribution in [2.75, 3.05) is 13.1 Å². The Labute approximate surface area is 132 Å². The molecule has 0 saturated heterocycles. The number of hydrogen-bond acceptors (Lipinski definition) is 2. The molecule has 0 spiro atoms. The number of hydrogen-bond donors (Lipinski definition) is 0. The lowest BCUT2D eigenvalue weighted by Gasteiger charge is -2.41. The molecule has 0 aliphatic rings. The first-order chi connectivity index (χ1) is 9.96. The van der Waals surface area contributed by atoms with Crippen LogP contribution in [0.3, 0.4) is 0 Å². The third-order valence-electron chi connectivity index (χ3n) is 4.46. The Morgan fingerprint density at radius 2 is 1.76 bits per heavy atom. The van der Waals surface area contributed by atoms with E-state index < -0.39 is 11.4 Å². The summed E-state index contributed by atoms with van der Waals surface area (Å²) in [4.78, 5) is 15.1. The highest BCUT2D eigenvalue weighted by Gasteiger charge is 2.39. The van der Waals surface area contributed by atoms with E-state index in [-0.39, 0.29) is 12.2 Å². The highest BCUT2D eigenvalue weighted by molar-refractivity contribution is 6.31. The van der Waals surface area contributed by atoms with Crippen molar-refractivity contribution < 1.29 is 9.18 Å². The van der Waals surface area contributed by atoms with Gasteiger partial charge in [0.25, 0.3) is 0 Å². The Bertz CT molecular complexity index is 461. The third kappa shape index (κ3) is 3.64. The van der Waals surface area contributed by atoms with Crippen LogP contribution in [-0.2, 0) is 11.2 Å². The van der Waals surface area contributed by atoms with Crippen molar-refractivity contribution >= 4 is 17.4 Å². The van der Waals surface area contributed by atoms with Gasteiger partial charge in [0.1, 0.15) is 5.82 Å². The maximum Gasteiger partial charge on any atom is 0.157 e. The van der Waals surface area contributed by atoms with Crippen molar-refractivity contribution in [3.05, 3.63) is 34.6 Å². The molecule has 0 aliphatic carbocycles. The van der Waals surface area contributed by atoms with Crippen molar-refractivity contribution in [1.82, 2.24) is 4.90 Å². The van der Waals surface area contributed by atoms with E-state index in [1.165, 1.54) is 6.07 Å². The molecule has 118 valence electrons. The molecule has 0 amide bonds. The van der Waals surface area contributed by atoms with Gasteiger partial charge >= 0.3 is 0 Å². The minimum absolute atomic E-state index is 0.0446. The summed E-state index contributed by atoms with van der Waals surface area (Å²) in [7, 11) is 0. The molecule has 1 aromatic rings. The van der Waals surface area contributed by atoms with Gasteiger partial charge in [0, 0.05) is 17.0 Å². The molecule has 0 heterocycles. The first-order valence-corrected chi connectivity index (χ1v) is 8.05. The summed E-state index contributed by atoms with van der Waals surface area (Å²) in [5.41, 5.74) is -0.225. The van der Waals surface area contributed by atoms with E-state index in [1.807, 2.05) is 27.7 Å². The predicted octanol–water partition coefficient (Wildman–Crippen LogP) is 4.49. The van der Waals surface area contributed by atoms with Crippen molar-refractivity contribution in [3.63, 3.8) is 0 Å². The van der Waals surface area contributed by atoms with Crippen LogP contribution in [0, 0.1) is 5.82 Å². The molecule has 0 radical (unpaired) electrons. The fourth-order valence-electron chi connectivity index (χ4n) is 3.12. The molecule has 1 aromatic carbocycles. The van der Waals surface area contributed by atoms with Crippen LogP contribution in [0.1, 0.15) is 46.1 Å². The smallest absolute Gasteiger partial charge is 0.157 e. The zero-order valence-corrected chi connectivity index (χ0v) is 14.1. The first kappa shape index (κ1) is 18.1. The molecule has 4 heteroatoms. The minimum Gasteiger partial charge on any atom is -0.297 e. The van der Waals surface area contributed by atoms with Gasteiger partial charge in [-0.1, -0.05) is 45.4 Å². The summed E-state index contributed by atoms with van der Waals surface area (Å²) < 4.78 is 13.9. The second-order valence-corrected chi connectivity index (χ2v) is 5.62. The maximum atomic E-state index is 13.9. The lowest BCUT2D eigenvalue weighted by Crippen LogP contribution is -2.54. The standard InChI is InChI=1S/C17H25ClFNO/c1-5-17(6-2,20(7-3)8-4)16(21)12-13-14(18)10-9-11-15(13)19/h9-11H,5-8,12H2,1-4H3. The van der Waals surface area contributed by atoms with E-state index in [0.717, 1.165) is 25.9 Å². The van der Waals surface area contributed by atoms with E-state index in [2.05, 4.69) is 4.90 Å². The summed E-state index contributed by atoms with van der Waals surface area (Å²) in [6, 6.07) is 4.54. The van der Waals surface area contributed by atoms with Crippen LogP contribution in [0.25, 0.3) is 0 Å². The second-order valence-electron chi connectivity index (χ2n) is 5.21. The molecule has 1 rings (SSSR count). The fraction of sp³-hybridized carbons (Fsp3) is 0.588. The van der Waals surface area contributed by atoms with Crippen LogP contribution >= 0.6 is 11.6 Å². The number of nitrogens with zero attached hydrogens (tertiary/aromatic N) is 1. The highest BCUT2D eigenvalue weighted by Crippen LogP contribution is 2.29. The fourth-order valence-corrected chi connectivity index (χ4v) is 3.35. The Hall–Kier alpha value is -0.930. The second kappa shape index (κ2) is 7.90. The molecule has 0 saturated carbocycles. The summed E-state index contributed by atoms with van der Waals surface area (Å²) >= 11 is 6.05. The topological polar surface area (TPSA) is 20.3 Å². The monoisotopic (exact) mass is 313 g/mol. The molecule has 0 atom stereocenters. The number of benzene rings is 1. The van der Waals surface area contributed by atoms with Crippen LogP contribution in [-0.4, -0.2) is 29.3 Å². The van der Waals surface area contributed by atoms with Gasteiger partial charge < -0.3 is 0 Å². The van der Waals surface area contributed by atoms with Gasteiger partial charge in [0.05, 0.1) is 5.54 Å². The van der Waals surface area contributed by atoms with Crippen molar-refractivity contribution in [1.29, 1.82) is 0 Å². The third-order valence-corrected chi connectivity index (χ3v) is 4.81. The zero-order valence-electron chi connectivity index (χ0n) is 13.4. The van der Waals surface area contributed by atoms with Crippen LogP contribution < -0.4 is 0 Å². The Balaban J connectivity index is 3.13. The van der Waals surface area contributed by atoms with Crippen molar-refractivity contribution in [2.45, 2.75) is 52.5 Å². The first-order valence-electron chi connectivity index (χ1n) is 7.67. The van der Waals surface area contributed by atoms with Gasteiger partial charge in [0.2, 0.25) is 0 Å². The molecule has 0 fully saturated rings. The minimum atomic E-state index is -0.533. The number of likely N-dealkylation sites (N-methyl/N-ethyl adjacent to an activating group) is 1. The zero-order chi connectivity index (χ0) is 16.0. The van der Waals surface area contributed by atoms with Crippen molar-refractivity contribution in [2.24, 2.45) is 0 Å². The molecule has 0 aromatic heterocycles. The Kier molecular flexibility index (Phi) is 6.82. The summed E-state index contributed by atoms with van der Waals surface area (Å²) in [5, 5.41) is 0.323. The number of Topliss-reactive ketones (excluding diaryl/α,β-unsaturated/α-hetero) is 1. The molecule has 2 nitrogen and oxygen atoms in total. The van der Waals surface area contributed by atoms with E-state index in [4.69, 9.17) is 11.6 Å². The van der Waals surface area contributed by atoms with Crippen LogP contribution in [0.5, 0.6) is 0 Å². The summed E-state index contributed by atoms with van der Waals surface area (Å²) in [6.07, 6.45) is 1.48. The van der Waals surface area contributed by atoms with E-state index >= 15 is 0 Å². The van der Waals surface area contributed by atoms with Crippen LogP contribution in [0.15, 0.2) is 18.2 Å². The number of rotatable bonds is 8. The number of carbonyl (C=O) groups is 1. The van der Waals surface area contributed by atoms with Crippen LogP contribution in [0.2, 0.25) is 5.02 Å². The molecular weight excluding hydrogens is 289 g/mol. The lowest BCUT2D eigenvalue weighted by molar-refractivity contribution is -0.131. The summed E-state index contributed by atoms with van der Waals surface area (Å²) in [6.45, 7) is 9.73. The maximum absolute atomic E-state index is 13.9. The average Bonchev–Trinajstić information content (AvgIpc) is 2.48. The number of halogens is 2. The van der Waals surface area contributed by atoms with E-state index in [1.54, 1.807) is 12.1 Å². The molecule has 0 aliphatic heterocycles. The van der Waals surface area contributed by atoms with Crippen LogP contribution in [0.4, 0.5) is 4.39 Å². The Morgan fingerprint density at radius 3 is 2.19 bits per heavy atom. The highest BCUT2D eigenvalue weighted by atomic mass is 35.5. The lowest BCUT2D eigenvalue weighted by atomic mass is 9.83. The molecule has 21 heavy (non-hydrogen) atoms. The average molecular weight is 314 g/mol. The molecular formula is C17H25ClFNO. The van der Waals surface area contributed by atoms with E-state index in [0.29, 0.717) is 10.6 Å². The Morgan fingerprint density at radius 1 is 1.19 bits per heavy atom. The van der Waals surface area contributed by atoms with Gasteiger partial charge in [-0.3, -0.25) is 9.69 Å². The van der Waals surface area contributed by atoms with Crippen molar-refractivity contribution in [3.8, 4) is 0 Å². The number of ketones is 1. The summed E-state index contributed by atoms with van der Waals surface area (Å²) in [5.74, 6) is -0.361. The quantitative estimate of drug-likeness (QED) is 0.704. The molecule has 0 unspecified atom stereocenters. The van der Waals surface area contributed by atoms with Gasteiger partial charge in [-0.05, 0) is 38.1 Å². The predicted molar refractivity (Wildman–Crippen MR) is 86.4 cm³/mol. The molecule has 0 N–H and O–H groups in total. The SMILES string of the molecule is CCN(CC)C(CC)(CC)C(=O)Cc1c(F)cccc1Cl. The van der Waals surface area contributed by atoms with Gasteiger partial charge in [-0.15, -0.1) is 0 Å². The molecule has 0 bridgehead atoms. The normalized spacial score (nSPS) is 12.0. The van der Waals surface area contributed by atoms with Gasteiger partial charge in [-0.25, -0.2) is 4.39 Å².